The van der Waals surface area contributed by atoms with Crippen molar-refractivity contribution in [2.45, 2.75) is 13.8 Å². The summed E-state index contributed by atoms with van der Waals surface area (Å²) in [6.07, 6.45) is 6.02. The van der Waals surface area contributed by atoms with Crippen molar-refractivity contribution in [2.75, 3.05) is 26.4 Å². The van der Waals surface area contributed by atoms with E-state index < -0.39 is 23.9 Å². The second-order valence-corrected chi connectivity index (χ2v) is 10.5. The van der Waals surface area contributed by atoms with Gasteiger partial charge in [0.1, 0.15) is 24.4 Å². The van der Waals surface area contributed by atoms with Gasteiger partial charge in [0.25, 0.3) is 0 Å². The van der Waals surface area contributed by atoms with Crippen LogP contribution in [0.25, 0.3) is 11.1 Å². The molecular formula is C42H38O8. The molecular weight excluding hydrogens is 632 g/mol. The monoisotopic (exact) mass is 670 g/mol. The van der Waals surface area contributed by atoms with Gasteiger partial charge in [0.2, 0.25) is 0 Å². The molecule has 0 aliphatic rings. The normalized spacial score (nSPS) is 11.1. The SMILES string of the molecule is CCOC(=O)C(=CC=C(c1ccccc1)c1ccccc1)C(=O)OCCOC(=O)C(=CC=C(c1ccccc1)c1ccccc1)C(=O)OCC. The van der Waals surface area contributed by atoms with Crippen molar-refractivity contribution < 1.29 is 38.1 Å². The highest BCUT2D eigenvalue weighted by molar-refractivity contribution is 6.15. The molecule has 0 unspecified atom stereocenters. The van der Waals surface area contributed by atoms with Gasteiger partial charge in [-0.15, -0.1) is 0 Å². The van der Waals surface area contributed by atoms with Crippen molar-refractivity contribution in [3.05, 3.63) is 179 Å². The van der Waals surface area contributed by atoms with E-state index in [1.165, 1.54) is 12.2 Å². The van der Waals surface area contributed by atoms with Gasteiger partial charge in [-0.3, -0.25) is 0 Å². The molecule has 8 nitrogen and oxygen atoms in total. The van der Waals surface area contributed by atoms with Gasteiger partial charge in [-0.1, -0.05) is 133 Å². The summed E-state index contributed by atoms with van der Waals surface area (Å²) in [5.74, 6) is -3.65. The van der Waals surface area contributed by atoms with E-state index in [2.05, 4.69) is 0 Å². The minimum atomic E-state index is -0.962. The first kappa shape index (κ1) is 36.6. The first-order chi connectivity index (χ1) is 24.4. The van der Waals surface area contributed by atoms with Crippen molar-refractivity contribution in [1.82, 2.24) is 0 Å². The number of esters is 4. The van der Waals surface area contributed by atoms with Crippen molar-refractivity contribution in [2.24, 2.45) is 0 Å². The third-order valence-electron chi connectivity index (χ3n) is 7.15. The van der Waals surface area contributed by atoms with Crippen LogP contribution in [0.1, 0.15) is 36.1 Å². The molecule has 0 amide bonds. The molecule has 0 saturated carbocycles. The maximum atomic E-state index is 13.1. The molecule has 0 fully saturated rings. The predicted molar refractivity (Wildman–Crippen MR) is 191 cm³/mol. The van der Waals surface area contributed by atoms with Crippen LogP contribution in [-0.2, 0) is 38.1 Å². The van der Waals surface area contributed by atoms with Crippen LogP contribution in [0.15, 0.2) is 157 Å². The summed E-state index contributed by atoms with van der Waals surface area (Å²) in [7, 11) is 0. The van der Waals surface area contributed by atoms with Crippen molar-refractivity contribution in [1.29, 1.82) is 0 Å². The highest BCUT2D eigenvalue weighted by Gasteiger charge is 2.23. The molecule has 0 radical (unpaired) electrons. The Labute approximate surface area is 292 Å². The van der Waals surface area contributed by atoms with Crippen LogP contribution in [0.4, 0.5) is 0 Å². The maximum absolute atomic E-state index is 13.1. The lowest BCUT2D eigenvalue weighted by Gasteiger charge is -2.11. The zero-order valence-corrected chi connectivity index (χ0v) is 28.0. The Morgan fingerprint density at radius 2 is 0.660 bits per heavy atom. The van der Waals surface area contributed by atoms with E-state index in [1.54, 1.807) is 26.0 Å². The molecule has 0 N–H and O–H groups in total. The van der Waals surface area contributed by atoms with Crippen LogP contribution in [0, 0.1) is 0 Å². The predicted octanol–water partition coefficient (Wildman–Crippen LogP) is 7.32. The number of rotatable bonds is 15. The molecule has 0 saturated heterocycles. The fourth-order valence-electron chi connectivity index (χ4n) is 4.80. The minimum Gasteiger partial charge on any atom is -0.462 e. The van der Waals surface area contributed by atoms with Crippen molar-refractivity contribution in [3.63, 3.8) is 0 Å². The van der Waals surface area contributed by atoms with Crippen LogP contribution in [0.5, 0.6) is 0 Å². The third kappa shape index (κ3) is 10.6. The maximum Gasteiger partial charge on any atom is 0.345 e. The van der Waals surface area contributed by atoms with Crippen LogP contribution < -0.4 is 0 Å². The summed E-state index contributed by atoms with van der Waals surface area (Å²) in [6.45, 7) is 2.57. The van der Waals surface area contributed by atoms with Crippen LogP contribution in [0.3, 0.4) is 0 Å². The Morgan fingerprint density at radius 3 is 0.920 bits per heavy atom. The Morgan fingerprint density at radius 1 is 0.400 bits per heavy atom. The van der Waals surface area contributed by atoms with Gasteiger partial charge in [0.15, 0.2) is 0 Å². The molecule has 4 aromatic rings. The number of ether oxygens (including phenoxy) is 4. The quantitative estimate of drug-likeness (QED) is 0.0247. The molecule has 0 atom stereocenters. The van der Waals surface area contributed by atoms with Gasteiger partial charge in [0.05, 0.1) is 13.2 Å². The number of carbonyl (C=O) groups excluding carboxylic acids is 4. The molecule has 0 heterocycles. The van der Waals surface area contributed by atoms with Gasteiger partial charge < -0.3 is 18.9 Å². The second kappa shape index (κ2) is 19.5. The van der Waals surface area contributed by atoms with E-state index in [9.17, 15) is 19.2 Å². The van der Waals surface area contributed by atoms with Crippen LogP contribution in [-0.4, -0.2) is 50.3 Å². The average Bonchev–Trinajstić information content (AvgIpc) is 3.15. The molecule has 254 valence electrons. The lowest BCUT2D eigenvalue weighted by Crippen LogP contribution is -2.22. The first-order valence-electron chi connectivity index (χ1n) is 16.2. The fraction of sp³-hybridized carbons (Fsp3) is 0.143. The Bertz CT molecular complexity index is 1630. The number of hydrogen-bond donors (Lipinski definition) is 0. The second-order valence-electron chi connectivity index (χ2n) is 10.5. The number of allylic oxidation sites excluding steroid dienone is 4. The molecule has 0 aliphatic heterocycles. The van der Waals surface area contributed by atoms with Gasteiger partial charge in [-0.05, 0) is 59.4 Å². The highest BCUT2D eigenvalue weighted by Crippen LogP contribution is 2.25. The molecule has 50 heavy (non-hydrogen) atoms. The topological polar surface area (TPSA) is 105 Å². The summed E-state index contributed by atoms with van der Waals surface area (Å²) in [4.78, 5) is 51.8. The lowest BCUT2D eigenvalue weighted by molar-refractivity contribution is -0.153. The average molecular weight is 671 g/mol. The van der Waals surface area contributed by atoms with Crippen molar-refractivity contribution in [3.8, 4) is 0 Å². The van der Waals surface area contributed by atoms with Crippen molar-refractivity contribution >= 4 is 35.0 Å². The molecule has 0 spiro atoms. The van der Waals surface area contributed by atoms with Crippen LogP contribution in [0.2, 0.25) is 0 Å². The molecule has 4 aromatic carbocycles. The van der Waals surface area contributed by atoms with Crippen LogP contribution >= 0.6 is 0 Å². The Kier molecular flexibility index (Phi) is 14.3. The summed E-state index contributed by atoms with van der Waals surface area (Å²) >= 11 is 0. The van der Waals surface area contributed by atoms with Gasteiger partial charge in [0, 0.05) is 0 Å². The molecule has 0 aliphatic carbocycles. The summed E-state index contributed by atoms with van der Waals surface area (Å²) in [5, 5.41) is 0. The number of benzene rings is 4. The van der Waals surface area contributed by atoms with E-state index in [0.717, 1.165) is 33.4 Å². The molecule has 8 heteroatoms. The Balaban J connectivity index is 1.51. The van der Waals surface area contributed by atoms with E-state index >= 15 is 0 Å². The first-order valence-corrected chi connectivity index (χ1v) is 16.2. The number of hydrogen-bond acceptors (Lipinski definition) is 8. The van der Waals surface area contributed by atoms with Gasteiger partial charge >= 0.3 is 23.9 Å². The van der Waals surface area contributed by atoms with E-state index in [0.29, 0.717) is 0 Å². The largest absolute Gasteiger partial charge is 0.462 e. The molecule has 0 aromatic heterocycles. The molecule has 0 bridgehead atoms. The number of carbonyl (C=O) groups is 4. The van der Waals surface area contributed by atoms with E-state index in [1.807, 2.05) is 121 Å². The van der Waals surface area contributed by atoms with Gasteiger partial charge in [-0.25, -0.2) is 19.2 Å². The molecule has 4 rings (SSSR count). The smallest absolute Gasteiger partial charge is 0.345 e. The highest BCUT2D eigenvalue weighted by atomic mass is 16.6. The zero-order valence-electron chi connectivity index (χ0n) is 28.0. The van der Waals surface area contributed by atoms with E-state index in [4.69, 9.17) is 18.9 Å². The Hall–Kier alpha value is -6.28. The van der Waals surface area contributed by atoms with Gasteiger partial charge in [-0.2, -0.15) is 0 Å². The summed E-state index contributed by atoms with van der Waals surface area (Å²) in [5.41, 5.74) is 4.35. The third-order valence-corrected chi connectivity index (χ3v) is 7.15. The standard InChI is InChI=1S/C42H38O8/c1-3-47-39(43)37(27-25-35(31-17-9-5-10-18-31)32-19-11-6-12-20-32)41(45)49-29-30-50-42(46)38(40(44)48-4-2)28-26-36(33-21-13-7-14-22-33)34-23-15-8-16-24-34/h5-28H,3-4,29-30H2,1-2H3. The fourth-order valence-corrected chi connectivity index (χ4v) is 4.80. The summed E-state index contributed by atoms with van der Waals surface area (Å²) in [6, 6.07) is 38.1. The summed E-state index contributed by atoms with van der Waals surface area (Å²) < 4.78 is 20.8. The van der Waals surface area contributed by atoms with E-state index in [-0.39, 0.29) is 37.6 Å². The lowest BCUT2D eigenvalue weighted by atomic mass is 9.97. The zero-order chi connectivity index (χ0) is 35.6. The minimum absolute atomic E-state index is 0.0443.